The quantitative estimate of drug-likeness (QED) is 0.807. The minimum absolute atomic E-state index is 0.396. The summed E-state index contributed by atoms with van der Waals surface area (Å²) in [6.07, 6.45) is 1.24. The molecule has 1 aliphatic rings. The molecule has 1 unspecified atom stereocenters. The first kappa shape index (κ1) is 14.9. The van der Waals surface area contributed by atoms with Crippen molar-refractivity contribution in [3.05, 3.63) is 0 Å². The lowest BCUT2D eigenvalue weighted by molar-refractivity contribution is 0.163. The molecule has 102 valence electrons. The minimum atomic E-state index is 0.396. The van der Waals surface area contributed by atoms with Gasteiger partial charge in [-0.2, -0.15) is 0 Å². The highest BCUT2D eigenvalue weighted by Gasteiger charge is 2.32. The molecule has 0 bridgehead atoms. The maximum atomic E-state index is 3.28. The van der Waals surface area contributed by atoms with Crippen molar-refractivity contribution in [1.82, 2.24) is 15.1 Å². The number of nitrogens with one attached hydrogen (secondary N) is 1. The molecule has 0 amide bonds. The van der Waals surface area contributed by atoms with Gasteiger partial charge in [0.15, 0.2) is 0 Å². The van der Waals surface area contributed by atoms with E-state index in [1.165, 1.54) is 26.1 Å². The molecule has 1 aliphatic heterocycles. The lowest BCUT2D eigenvalue weighted by atomic mass is 9.92. The number of hydrogen-bond acceptors (Lipinski definition) is 3. The fourth-order valence-corrected chi connectivity index (χ4v) is 2.89. The van der Waals surface area contributed by atoms with Gasteiger partial charge in [-0.05, 0) is 46.3 Å². The van der Waals surface area contributed by atoms with E-state index in [2.05, 4.69) is 49.9 Å². The fourth-order valence-electron chi connectivity index (χ4n) is 2.89. The summed E-state index contributed by atoms with van der Waals surface area (Å²) in [6, 6.07) is 1.34. The van der Waals surface area contributed by atoms with Crippen LogP contribution in [0.3, 0.4) is 0 Å². The molecule has 1 N–H and O–H groups in total. The van der Waals surface area contributed by atoms with Crippen LogP contribution >= 0.6 is 0 Å². The van der Waals surface area contributed by atoms with Crippen LogP contribution in [0.25, 0.3) is 0 Å². The Kier molecular flexibility index (Phi) is 5.42. The topological polar surface area (TPSA) is 18.5 Å². The van der Waals surface area contributed by atoms with Crippen LogP contribution < -0.4 is 5.32 Å². The molecule has 0 radical (unpaired) electrons. The van der Waals surface area contributed by atoms with Crippen molar-refractivity contribution in [3.8, 4) is 0 Å². The van der Waals surface area contributed by atoms with Gasteiger partial charge >= 0.3 is 0 Å². The zero-order chi connectivity index (χ0) is 13.1. The zero-order valence-electron chi connectivity index (χ0n) is 12.6. The second kappa shape index (κ2) is 6.17. The molecule has 1 atom stereocenters. The summed E-state index contributed by atoms with van der Waals surface area (Å²) in [7, 11) is 4.33. The van der Waals surface area contributed by atoms with Gasteiger partial charge in [0.2, 0.25) is 0 Å². The number of hydrogen-bond donors (Lipinski definition) is 1. The molecule has 0 aromatic rings. The van der Waals surface area contributed by atoms with E-state index in [1.807, 2.05) is 7.05 Å². The standard InChI is InChI=1S/C14H31N3/c1-12(2)17-9-13(7-8-15-5)16(6)10-14(3,4)11-17/h12-13,15H,7-11H2,1-6H3. The van der Waals surface area contributed by atoms with Gasteiger partial charge in [0.25, 0.3) is 0 Å². The highest BCUT2D eigenvalue weighted by atomic mass is 15.3. The van der Waals surface area contributed by atoms with Crippen LogP contribution in [0.1, 0.15) is 34.1 Å². The third kappa shape index (κ3) is 4.57. The Balaban J connectivity index is 2.71. The molecule has 1 saturated heterocycles. The first-order chi connectivity index (χ1) is 7.85. The maximum Gasteiger partial charge on any atom is 0.0232 e. The molecule has 0 aromatic heterocycles. The highest BCUT2D eigenvalue weighted by molar-refractivity contribution is 4.88. The molecule has 3 heteroatoms. The van der Waals surface area contributed by atoms with Crippen LogP contribution in [0, 0.1) is 5.41 Å². The first-order valence-electron chi connectivity index (χ1n) is 6.94. The van der Waals surface area contributed by atoms with Crippen LogP contribution in [0.4, 0.5) is 0 Å². The highest BCUT2D eigenvalue weighted by Crippen LogP contribution is 2.25. The van der Waals surface area contributed by atoms with E-state index in [-0.39, 0.29) is 0 Å². The van der Waals surface area contributed by atoms with Crippen molar-refractivity contribution >= 4 is 0 Å². The van der Waals surface area contributed by atoms with Gasteiger partial charge in [0.05, 0.1) is 0 Å². The SMILES string of the molecule is CNCCC1CN(C(C)C)CC(C)(C)CN1C. The smallest absolute Gasteiger partial charge is 0.0232 e. The van der Waals surface area contributed by atoms with Gasteiger partial charge in [-0.3, -0.25) is 4.90 Å². The summed E-state index contributed by atoms with van der Waals surface area (Å²) in [5, 5.41) is 3.28. The normalized spacial score (nSPS) is 27.4. The van der Waals surface area contributed by atoms with E-state index < -0.39 is 0 Å². The first-order valence-corrected chi connectivity index (χ1v) is 6.94. The van der Waals surface area contributed by atoms with Gasteiger partial charge in [0.1, 0.15) is 0 Å². The molecule has 1 fully saturated rings. The predicted molar refractivity (Wildman–Crippen MR) is 75.5 cm³/mol. The maximum absolute atomic E-state index is 3.28. The third-order valence-corrected chi connectivity index (χ3v) is 3.84. The monoisotopic (exact) mass is 241 g/mol. The van der Waals surface area contributed by atoms with E-state index in [0.717, 1.165) is 6.54 Å². The van der Waals surface area contributed by atoms with Crippen molar-refractivity contribution in [1.29, 1.82) is 0 Å². The Morgan fingerprint density at radius 3 is 2.47 bits per heavy atom. The lowest BCUT2D eigenvalue weighted by Gasteiger charge is -2.32. The molecule has 0 spiro atoms. The Hall–Kier alpha value is -0.120. The van der Waals surface area contributed by atoms with Crippen LogP contribution in [0.2, 0.25) is 0 Å². The summed E-state index contributed by atoms with van der Waals surface area (Å²) >= 11 is 0. The number of likely N-dealkylation sites (N-methyl/N-ethyl adjacent to an activating group) is 1. The van der Waals surface area contributed by atoms with Crippen molar-refractivity contribution < 1.29 is 0 Å². The molecular weight excluding hydrogens is 210 g/mol. The zero-order valence-corrected chi connectivity index (χ0v) is 12.6. The predicted octanol–water partition coefficient (Wildman–Crippen LogP) is 1.65. The molecule has 0 saturated carbocycles. The summed E-state index contributed by atoms with van der Waals surface area (Å²) in [5.41, 5.74) is 0.396. The Labute approximate surface area is 108 Å². The molecule has 0 aliphatic carbocycles. The van der Waals surface area contributed by atoms with Crippen molar-refractivity contribution in [2.75, 3.05) is 40.3 Å². The average Bonchev–Trinajstić information content (AvgIpc) is 2.31. The van der Waals surface area contributed by atoms with E-state index in [0.29, 0.717) is 17.5 Å². The fraction of sp³-hybridized carbons (Fsp3) is 1.00. The molecular formula is C14H31N3. The van der Waals surface area contributed by atoms with E-state index in [9.17, 15) is 0 Å². The molecule has 1 rings (SSSR count). The van der Waals surface area contributed by atoms with E-state index in [1.54, 1.807) is 0 Å². The van der Waals surface area contributed by atoms with Crippen molar-refractivity contribution in [2.24, 2.45) is 5.41 Å². The molecule has 0 aromatic carbocycles. The molecule has 17 heavy (non-hydrogen) atoms. The summed E-state index contributed by atoms with van der Waals surface area (Å²) in [4.78, 5) is 5.20. The molecule has 1 heterocycles. The second-order valence-electron chi connectivity index (χ2n) is 6.65. The number of nitrogens with zero attached hydrogens (tertiary/aromatic N) is 2. The lowest BCUT2D eigenvalue weighted by Crippen LogP contribution is -2.42. The summed E-state index contributed by atoms with van der Waals surface area (Å²) < 4.78 is 0. The van der Waals surface area contributed by atoms with Gasteiger partial charge in [-0.25, -0.2) is 0 Å². The van der Waals surface area contributed by atoms with Crippen LogP contribution in [0.15, 0.2) is 0 Å². The van der Waals surface area contributed by atoms with Gasteiger partial charge < -0.3 is 10.2 Å². The van der Waals surface area contributed by atoms with Crippen molar-refractivity contribution in [2.45, 2.75) is 46.2 Å². The molecule has 3 nitrogen and oxygen atoms in total. The largest absolute Gasteiger partial charge is 0.320 e. The van der Waals surface area contributed by atoms with Crippen LogP contribution in [-0.2, 0) is 0 Å². The second-order valence-corrected chi connectivity index (χ2v) is 6.65. The van der Waals surface area contributed by atoms with Crippen LogP contribution in [-0.4, -0.2) is 62.2 Å². The summed E-state index contributed by atoms with van der Waals surface area (Å²) in [6.45, 7) is 14.1. The summed E-state index contributed by atoms with van der Waals surface area (Å²) in [5.74, 6) is 0. The van der Waals surface area contributed by atoms with Crippen molar-refractivity contribution in [3.63, 3.8) is 0 Å². The van der Waals surface area contributed by atoms with E-state index >= 15 is 0 Å². The van der Waals surface area contributed by atoms with E-state index in [4.69, 9.17) is 0 Å². The Bertz CT molecular complexity index is 226. The van der Waals surface area contributed by atoms with Gasteiger partial charge in [0, 0.05) is 31.7 Å². The van der Waals surface area contributed by atoms with Gasteiger partial charge in [-0.1, -0.05) is 13.8 Å². The third-order valence-electron chi connectivity index (χ3n) is 3.84. The number of rotatable bonds is 4. The Morgan fingerprint density at radius 2 is 1.94 bits per heavy atom. The van der Waals surface area contributed by atoms with Crippen LogP contribution in [0.5, 0.6) is 0 Å². The average molecular weight is 241 g/mol. The van der Waals surface area contributed by atoms with Gasteiger partial charge in [-0.15, -0.1) is 0 Å². The minimum Gasteiger partial charge on any atom is -0.320 e. The Morgan fingerprint density at radius 1 is 1.29 bits per heavy atom.